The lowest BCUT2D eigenvalue weighted by Gasteiger charge is -2.10. The Balaban J connectivity index is 2.28. The Labute approximate surface area is 134 Å². The molecule has 2 N–H and O–H groups in total. The summed E-state index contributed by atoms with van der Waals surface area (Å²) in [5.74, 6) is 0. The zero-order valence-corrected chi connectivity index (χ0v) is 13.9. The van der Waals surface area contributed by atoms with E-state index in [1.807, 2.05) is 18.2 Å². The average Bonchev–Trinajstić information content (AvgIpc) is 2.42. The van der Waals surface area contributed by atoms with Gasteiger partial charge in [0.25, 0.3) is 0 Å². The van der Waals surface area contributed by atoms with Crippen molar-refractivity contribution in [3.63, 3.8) is 0 Å². The van der Waals surface area contributed by atoms with Crippen molar-refractivity contribution in [1.29, 1.82) is 0 Å². The Morgan fingerprint density at radius 3 is 2.38 bits per heavy atom. The van der Waals surface area contributed by atoms with Gasteiger partial charge < -0.3 is 5.73 Å². The molecule has 2 aromatic carbocycles. The van der Waals surface area contributed by atoms with Crippen LogP contribution in [0.1, 0.15) is 5.56 Å². The molecule has 0 aliphatic heterocycles. The Bertz CT molecular complexity index is 728. The molecule has 0 heterocycles. The van der Waals surface area contributed by atoms with E-state index in [0.717, 1.165) is 15.4 Å². The number of nitrogens with two attached hydrogens (primary N) is 1. The summed E-state index contributed by atoms with van der Waals surface area (Å²) in [6, 6.07) is 12.6. The van der Waals surface area contributed by atoms with E-state index in [1.165, 1.54) is 6.26 Å². The highest BCUT2D eigenvalue weighted by Gasteiger charge is 2.10. The lowest BCUT2D eigenvalue weighted by Crippen LogP contribution is -2.04. The Kier molecular flexibility index (Phi) is 5.32. The van der Waals surface area contributed by atoms with Gasteiger partial charge in [0.15, 0.2) is 9.84 Å². The highest BCUT2D eigenvalue weighted by atomic mass is 35.5. The molecule has 0 bridgehead atoms. The number of halogens is 1. The van der Waals surface area contributed by atoms with Crippen molar-refractivity contribution in [3.8, 4) is 0 Å². The number of sulfone groups is 1. The van der Waals surface area contributed by atoms with Crippen LogP contribution in [-0.4, -0.2) is 21.2 Å². The van der Waals surface area contributed by atoms with Gasteiger partial charge in [0, 0.05) is 21.1 Å². The molecule has 0 saturated carbocycles. The van der Waals surface area contributed by atoms with Crippen LogP contribution in [0.15, 0.2) is 57.2 Å². The molecule has 2 rings (SSSR count). The van der Waals surface area contributed by atoms with Crippen molar-refractivity contribution in [2.45, 2.75) is 21.1 Å². The van der Waals surface area contributed by atoms with Crippen molar-refractivity contribution in [2.24, 2.45) is 5.73 Å². The van der Waals surface area contributed by atoms with Gasteiger partial charge in [-0.2, -0.15) is 0 Å². The topological polar surface area (TPSA) is 60.2 Å². The van der Waals surface area contributed by atoms with Crippen molar-refractivity contribution < 1.29 is 8.42 Å². The van der Waals surface area contributed by atoms with E-state index in [4.69, 9.17) is 17.3 Å². The molecule has 21 heavy (non-hydrogen) atoms. The van der Waals surface area contributed by atoms with Crippen LogP contribution in [0.25, 0.3) is 0 Å². The average molecular weight is 342 g/mol. The van der Waals surface area contributed by atoms with Crippen molar-refractivity contribution in [1.82, 2.24) is 0 Å². The minimum absolute atomic E-state index is 0.320. The van der Waals surface area contributed by atoms with Gasteiger partial charge in [-0.3, -0.25) is 0 Å². The number of hydrogen-bond acceptors (Lipinski definition) is 4. The third-order valence-electron chi connectivity index (χ3n) is 2.95. The quantitative estimate of drug-likeness (QED) is 0.905. The second kappa shape index (κ2) is 6.83. The summed E-state index contributed by atoms with van der Waals surface area (Å²) in [6.07, 6.45) is 1.91. The van der Waals surface area contributed by atoms with Crippen LogP contribution in [0.4, 0.5) is 0 Å². The first-order valence-electron chi connectivity index (χ1n) is 6.37. The SMILES string of the molecule is CS(=O)(=O)c1ccc(Sc2cccc(Cl)c2CCN)cc1. The van der Waals surface area contributed by atoms with Crippen molar-refractivity contribution >= 4 is 33.2 Å². The summed E-state index contributed by atoms with van der Waals surface area (Å²) in [7, 11) is -3.16. The molecule has 112 valence electrons. The molecule has 0 unspecified atom stereocenters. The van der Waals surface area contributed by atoms with E-state index in [-0.39, 0.29) is 0 Å². The second-order valence-electron chi connectivity index (χ2n) is 4.60. The minimum atomic E-state index is -3.16. The van der Waals surface area contributed by atoms with Gasteiger partial charge in [-0.1, -0.05) is 29.4 Å². The number of hydrogen-bond donors (Lipinski definition) is 1. The number of rotatable bonds is 5. The maximum Gasteiger partial charge on any atom is 0.175 e. The number of benzene rings is 2. The predicted octanol–water partition coefficient (Wildman–Crippen LogP) is 3.40. The fourth-order valence-corrected chi connectivity index (χ4v) is 3.87. The molecule has 0 spiro atoms. The molecule has 0 saturated heterocycles. The van der Waals surface area contributed by atoms with Gasteiger partial charge in [-0.05, 0) is 54.9 Å². The third-order valence-corrected chi connectivity index (χ3v) is 5.54. The molecule has 0 aliphatic rings. The summed E-state index contributed by atoms with van der Waals surface area (Å²) in [5.41, 5.74) is 6.65. The summed E-state index contributed by atoms with van der Waals surface area (Å²) in [6.45, 7) is 0.532. The van der Waals surface area contributed by atoms with Crippen LogP contribution in [0.5, 0.6) is 0 Å². The first-order valence-corrected chi connectivity index (χ1v) is 9.46. The van der Waals surface area contributed by atoms with Gasteiger partial charge in [0.05, 0.1) is 4.90 Å². The smallest absolute Gasteiger partial charge is 0.175 e. The highest BCUT2D eigenvalue weighted by molar-refractivity contribution is 7.99. The van der Waals surface area contributed by atoms with Crippen LogP contribution < -0.4 is 5.73 Å². The van der Waals surface area contributed by atoms with Crippen LogP contribution in [0.2, 0.25) is 5.02 Å². The summed E-state index contributed by atoms with van der Waals surface area (Å²) in [4.78, 5) is 2.32. The lowest BCUT2D eigenvalue weighted by atomic mass is 10.1. The zero-order chi connectivity index (χ0) is 15.5. The van der Waals surface area contributed by atoms with Crippen molar-refractivity contribution in [2.75, 3.05) is 12.8 Å². The lowest BCUT2D eigenvalue weighted by molar-refractivity contribution is 0.602. The van der Waals surface area contributed by atoms with E-state index in [9.17, 15) is 8.42 Å². The normalized spacial score (nSPS) is 11.6. The maximum absolute atomic E-state index is 11.4. The van der Waals surface area contributed by atoms with Gasteiger partial charge in [0.1, 0.15) is 0 Å². The molecule has 3 nitrogen and oxygen atoms in total. The molecule has 0 radical (unpaired) electrons. The first-order chi connectivity index (χ1) is 9.91. The van der Waals surface area contributed by atoms with Crippen molar-refractivity contribution in [3.05, 3.63) is 53.1 Å². The zero-order valence-electron chi connectivity index (χ0n) is 11.5. The van der Waals surface area contributed by atoms with E-state index in [2.05, 4.69) is 0 Å². The molecule has 6 heteroatoms. The Morgan fingerprint density at radius 1 is 1.14 bits per heavy atom. The van der Waals surface area contributed by atoms with Gasteiger partial charge in [0.2, 0.25) is 0 Å². The van der Waals surface area contributed by atoms with Crippen LogP contribution in [0, 0.1) is 0 Å². The van der Waals surface area contributed by atoms with E-state index >= 15 is 0 Å². The Morgan fingerprint density at radius 2 is 1.81 bits per heavy atom. The molecule has 0 fully saturated rings. The highest BCUT2D eigenvalue weighted by Crippen LogP contribution is 2.34. The van der Waals surface area contributed by atoms with Gasteiger partial charge in [-0.25, -0.2) is 8.42 Å². The first kappa shape index (κ1) is 16.4. The molecule has 0 amide bonds. The Hall–Kier alpha value is -1.01. The maximum atomic E-state index is 11.4. The van der Waals surface area contributed by atoms with Gasteiger partial charge in [-0.15, -0.1) is 0 Å². The third kappa shape index (κ3) is 4.23. The fourth-order valence-electron chi connectivity index (χ4n) is 1.90. The van der Waals surface area contributed by atoms with E-state index in [1.54, 1.807) is 36.0 Å². The summed E-state index contributed by atoms with van der Waals surface area (Å²) < 4.78 is 22.9. The van der Waals surface area contributed by atoms with E-state index in [0.29, 0.717) is 22.9 Å². The monoisotopic (exact) mass is 341 g/mol. The van der Waals surface area contributed by atoms with Crippen LogP contribution in [-0.2, 0) is 16.3 Å². The molecule has 0 aliphatic carbocycles. The van der Waals surface area contributed by atoms with E-state index < -0.39 is 9.84 Å². The molecule has 0 atom stereocenters. The molecule has 0 aromatic heterocycles. The standard InChI is InChI=1S/C15H16ClNO2S2/c1-21(18,19)12-7-5-11(6-8-12)20-15-4-2-3-14(16)13(15)9-10-17/h2-8H,9-10,17H2,1H3. The largest absolute Gasteiger partial charge is 0.330 e. The second-order valence-corrected chi connectivity index (χ2v) is 8.14. The fraction of sp³-hybridized carbons (Fsp3) is 0.200. The van der Waals surface area contributed by atoms with Crippen LogP contribution in [0.3, 0.4) is 0 Å². The van der Waals surface area contributed by atoms with Crippen LogP contribution >= 0.6 is 23.4 Å². The predicted molar refractivity (Wildman–Crippen MR) is 87.9 cm³/mol. The molecule has 2 aromatic rings. The summed E-state index contributed by atoms with van der Waals surface area (Å²) in [5, 5.41) is 0.707. The molecular formula is C15H16ClNO2S2. The molecular weight excluding hydrogens is 326 g/mol. The summed E-state index contributed by atoms with van der Waals surface area (Å²) >= 11 is 7.76. The minimum Gasteiger partial charge on any atom is -0.330 e. The van der Waals surface area contributed by atoms with Gasteiger partial charge >= 0.3 is 0 Å².